The first-order valence-electron chi connectivity index (χ1n) is 8.53. The number of halogens is 8. The number of carboxylic acid groups (broad SMARTS) is 1. The van der Waals surface area contributed by atoms with Crippen molar-refractivity contribution in [1.29, 1.82) is 0 Å². The van der Waals surface area contributed by atoms with E-state index in [1.165, 1.54) is 0 Å². The van der Waals surface area contributed by atoms with Gasteiger partial charge in [-0.1, -0.05) is 68.4 Å². The second-order valence-electron chi connectivity index (χ2n) is 6.78. The van der Waals surface area contributed by atoms with Crippen LogP contribution in [-0.4, -0.2) is 16.9 Å². The summed E-state index contributed by atoms with van der Waals surface area (Å²) in [6.07, 6.45) is 1.64. The Morgan fingerprint density at radius 2 is 1.59 bits per heavy atom. The zero-order valence-electron chi connectivity index (χ0n) is 15.1. The van der Waals surface area contributed by atoms with Crippen LogP contribution in [0.4, 0.5) is 0 Å². The van der Waals surface area contributed by atoms with Gasteiger partial charge in [-0.15, -0.1) is 0 Å². The van der Waals surface area contributed by atoms with Crippen LogP contribution in [0.15, 0.2) is 41.9 Å². The van der Waals surface area contributed by atoms with Gasteiger partial charge in [-0.05, 0) is 65.5 Å². The van der Waals surface area contributed by atoms with Crippen LogP contribution >= 0.6 is 110 Å². The number of benzene rings is 2. The molecule has 2 aromatic rings. The fourth-order valence-corrected chi connectivity index (χ4v) is 7.45. The third kappa shape index (κ3) is 3.92. The molecule has 2 aromatic carbocycles. The topological polar surface area (TPSA) is 63.6 Å². The molecule has 2 unspecified atom stereocenters. The maximum absolute atomic E-state index is 12.6. The van der Waals surface area contributed by atoms with E-state index >= 15 is 0 Å². The number of hydrogen-bond acceptors (Lipinski definition) is 3. The molecule has 166 valence electrons. The van der Waals surface area contributed by atoms with Crippen molar-refractivity contribution in [2.45, 2.75) is 5.92 Å². The maximum atomic E-state index is 12.6. The molecule has 0 spiro atoms. The average molecular weight is 772 g/mol. The van der Waals surface area contributed by atoms with Gasteiger partial charge in [0.25, 0.3) is 0 Å². The molecule has 12 heteroatoms. The molecule has 4 nitrogen and oxygen atoms in total. The summed E-state index contributed by atoms with van der Waals surface area (Å²) in [5, 5.41) is 9.51. The Morgan fingerprint density at radius 1 is 0.969 bits per heavy atom. The van der Waals surface area contributed by atoms with E-state index in [2.05, 4.69) is 63.7 Å². The van der Waals surface area contributed by atoms with Gasteiger partial charge >= 0.3 is 5.97 Å². The van der Waals surface area contributed by atoms with E-state index in [-0.39, 0.29) is 46.0 Å². The van der Waals surface area contributed by atoms with Crippen molar-refractivity contribution in [3.8, 4) is 5.75 Å². The molecule has 0 radical (unpaired) electrons. The van der Waals surface area contributed by atoms with E-state index in [0.29, 0.717) is 26.0 Å². The minimum absolute atomic E-state index is 0.0516. The molecule has 0 saturated carbocycles. The van der Waals surface area contributed by atoms with Crippen LogP contribution in [0.25, 0.3) is 0 Å². The van der Waals surface area contributed by atoms with E-state index in [9.17, 15) is 14.7 Å². The van der Waals surface area contributed by atoms with E-state index in [4.69, 9.17) is 51.1 Å². The Balaban J connectivity index is 2.18. The van der Waals surface area contributed by atoms with Gasteiger partial charge in [0.15, 0.2) is 0 Å². The molecule has 0 saturated heterocycles. The number of ketones is 1. The van der Waals surface area contributed by atoms with Gasteiger partial charge in [0.1, 0.15) is 16.0 Å². The smallest absolute Gasteiger partial charge is 0.337 e. The van der Waals surface area contributed by atoms with E-state index in [1.54, 1.807) is 18.2 Å². The Kier molecular flexibility index (Phi) is 7.19. The van der Waals surface area contributed by atoms with Crippen LogP contribution in [0, 0.1) is 5.92 Å². The summed E-state index contributed by atoms with van der Waals surface area (Å²) in [4.78, 5) is 24.9. The van der Waals surface area contributed by atoms with Gasteiger partial charge in [0.2, 0.25) is 5.78 Å². The summed E-state index contributed by atoms with van der Waals surface area (Å²) in [5.41, 5.74) is 0.476. The van der Waals surface area contributed by atoms with Crippen LogP contribution in [0.1, 0.15) is 27.4 Å². The lowest BCUT2D eigenvalue weighted by molar-refractivity contribution is -0.111. The van der Waals surface area contributed by atoms with Crippen molar-refractivity contribution >= 4 is 122 Å². The van der Waals surface area contributed by atoms with Gasteiger partial charge in [0, 0.05) is 21.9 Å². The maximum Gasteiger partial charge on any atom is 0.337 e. The molecule has 1 N–H and O–H groups in total. The zero-order chi connectivity index (χ0) is 23.6. The minimum Gasteiger partial charge on any atom is -0.478 e. The van der Waals surface area contributed by atoms with Crippen molar-refractivity contribution in [1.82, 2.24) is 0 Å². The Morgan fingerprint density at radius 3 is 2.22 bits per heavy atom. The van der Waals surface area contributed by atoms with Crippen molar-refractivity contribution in [2.75, 3.05) is 0 Å². The van der Waals surface area contributed by atoms with E-state index in [0.717, 1.165) is 0 Å². The Bertz CT molecular complexity index is 1310. The van der Waals surface area contributed by atoms with Gasteiger partial charge < -0.3 is 9.84 Å². The van der Waals surface area contributed by atoms with Gasteiger partial charge in [-0.3, -0.25) is 4.79 Å². The van der Waals surface area contributed by atoms with Crippen LogP contribution in [0.3, 0.4) is 0 Å². The number of carbonyl (C=O) groups is 2. The molecular formula is C20H6Br4Cl4O4. The zero-order valence-corrected chi connectivity index (χ0v) is 24.5. The third-order valence-corrected chi connectivity index (χ3v) is 9.27. The predicted molar refractivity (Wildman–Crippen MR) is 139 cm³/mol. The highest BCUT2D eigenvalue weighted by Gasteiger charge is 2.44. The quantitative estimate of drug-likeness (QED) is 0.245. The van der Waals surface area contributed by atoms with Crippen molar-refractivity contribution < 1.29 is 19.4 Å². The fraction of sp³-hybridized carbons (Fsp3) is 0.100. The SMILES string of the molecule is O=C1C(Br)=CC2C(=C1Br)Oc1c(Br)cc(Br)cc1C2c1c(Cl)c(Cl)c(Cl)c(Cl)c1C(=O)O. The molecule has 4 rings (SSSR count). The number of rotatable bonds is 2. The summed E-state index contributed by atoms with van der Waals surface area (Å²) in [6, 6.07) is 3.55. The number of ether oxygens (including phenoxy) is 1. The highest BCUT2D eigenvalue weighted by molar-refractivity contribution is 9.13. The Labute approximate surface area is 235 Å². The lowest BCUT2D eigenvalue weighted by atomic mass is 9.74. The number of carboxylic acids is 1. The number of fused-ring (bicyclic) bond motifs is 2. The summed E-state index contributed by atoms with van der Waals surface area (Å²) >= 11 is 39.0. The summed E-state index contributed by atoms with van der Waals surface area (Å²) in [6.45, 7) is 0. The first-order valence-corrected chi connectivity index (χ1v) is 13.2. The van der Waals surface area contributed by atoms with Gasteiger partial charge in [-0.25, -0.2) is 4.79 Å². The molecule has 1 heterocycles. The highest BCUT2D eigenvalue weighted by Crippen LogP contribution is 2.56. The summed E-state index contributed by atoms with van der Waals surface area (Å²) < 4.78 is 7.89. The molecular weight excluding hydrogens is 766 g/mol. The van der Waals surface area contributed by atoms with Crippen LogP contribution in [-0.2, 0) is 4.79 Å². The summed E-state index contributed by atoms with van der Waals surface area (Å²) in [5.74, 6) is -2.30. The second-order valence-corrected chi connectivity index (χ2v) is 11.7. The van der Waals surface area contributed by atoms with Crippen LogP contribution < -0.4 is 4.74 Å². The summed E-state index contributed by atoms with van der Waals surface area (Å²) in [7, 11) is 0. The van der Waals surface area contributed by atoms with Gasteiger partial charge in [-0.2, -0.15) is 0 Å². The first kappa shape index (κ1) is 25.0. The number of carbonyl (C=O) groups excluding carboxylic acids is 1. The number of allylic oxidation sites excluding steroid dienone is 3. The van der Waals surface area contributed by atoms with Crippen LogP contribution in [0.2, 0.25) is 20.1 Å². The van der Waals surface area contributed by atoms with E-state index < -0.39 is 17.8 Å². The standard InChI is InChI=1S/C20H6Br4Cl4O4/c21-4-1-5-9(10-11(20(30)31)14(26)16(28)15(27)13(10)25)6-3-7(22)17(29)12(24)19(6)32-18(5)8(23)2-4/h1-3,6,9H,(H,30,31). The van der Waals surface area contributed by atoms with Crippen molar-refractivity contribution in [3.63, 3.8) is 0 Å². The lowest BCUT2D eigenvalue weighted by Gasteiger charge is -2.38. The van der Waals surface area contributed by atoms with E-state index in [1.807, 2.05) is 0 Å². The molecule has 0 amide bonds. The fourth-order valence-electron chi connectivity index (χ4n) is 3.74. The van der Waals surface area contributed by atoms with Crippen molar-refractivity contribution in [3.05, 3.63) is 78.7 Å². The largest absolute Gasteiger partial charge is 0.478 e. The lowest BCUT2D eigenvalue weighted by Crippen LogP contribution is -2.30. The highest BCUT2D eigenvalue weighted by atomic mass is 79.9. The number of hydrogen-bond donors (Lipinski definition) is 1. The first-order chi connectivity index (χ1) is 15.0. The Hall–Kier alpha value is -0.0600. The molecule has 1 aliphatic heterocycles. The van der Waals surface area contributed by atoms with Crippen molar-refractivity contribution in [2.24, 2.45) is 5.92 Å². The molecule has 2 aliphatic rings. The van der Waals surface area contributed by atoms with Crippen LogP contribution in [0.5, 0.6) is 5.75 Å². The van der Waals surface area contributed by atoms with Gasteiger partial charge in [0.05, 0.1) is 34.6 Å². The minimum atomic E-state index is -1.33. The number of Topliss-reactive ketones (excluding diaryl/α,β-unsaturated/α-hetero) is 1. The average Bonchev–Trinajstić information content (AvgIpc) is 2.72. The second kappa shape index (κ2) is 9.19. The predicted octanol–water partition coefficient (Wildman–Crippen LogP) is 9.13. The molecule has 0 fully saturated rings. The monoisotopic (exact) mass is 766 g/mol. The molecule has 1 aliphatic carbocycles. The number of aromatic carboxylic acids is 1. The molecule has 0 bridgehead atoms. The molecule has 32 heavy (non-hydrogen) atoms. The normalized spacial score (nSPS) is 19.9. The molecule has 2 atom stereocenters. The third-order valence-electron chi connectivity index (χ3n) is 5.03. The molecule has 0 aromatic heterocycles.